The molecule has 3 aromatic rings. The summed E-state index contributed by atoms with van der Waals surface area (Å²) >= 11 is 0. The third-order valence-electron chi connectivity index (χ3n) is 7.36. The molecule has 2 aliphatic rings. The molecule has 0 radical (unpaired) electrons. The highest BCUT2D eigenvalue weighted by atomic mass is 16.5. The molecule has 39 heavy (non-hydrogen) atoms. The summed E-state index contributed by atoms with van der Waals surface area (Å²) in [5.41, 5.74) is 6.44. The van der Waals surface area contributed by atoms with Gasteiger partial charge < -0.3 is 29.9 Å². The fourth-order valence-electron chi connectivity index (χ4n) is 5.14. The van der Waals surface area contributed by atoms with Crippen LogP contribution in [0.1, 0.15) is 29.4 Å². The first-order valence-corrected chi connectivity index (χ1v) is 13.6. The standard InChI is InChI=1S/C30H38N6O3/c1-21-30(37)32-10-11-35(2)20-25-18-23(5-7-28(25)38-3)26-8-9-31-29(34-26)17-22-4-6-27(24(16-22)19-33-21)36-12-14-39-15-13-36/h4-9,16,18,21,33H,10-15,17,19-20H2,1-3H3,(H,32,37)/t21-/m0/s1. The number of hydrogen-bond donors (Lipinski definition) is 2. The third-order valence-corrected chi connectivity index (χ3v) is 7.36. The van der Waals surface area contributed by atoms with E-state index in [9.17, 15) is 4.79 Å². The second kappa shape index (κ2) is 12.5. The maximum Gasteiger partial charge on any atom is 0.236 e. The molecular weight excluding hydrogens is 492 g/mol. The lowest BCUT2D eigenvalue weighted by Gasteiger charge is -2.31. The zero-order chi connectivity index (χ0) is 27.2. The Morgan fingerprint density at radius 3 is 2.72 bits per heavy atom. The van der Waals surface area contributed by atoms with Crippen LogP contribution in [0.3, 0.4) is 0 Å². The number of carbonyl (C=O) groups excluding carboxylic acids is 1. The lowest BCUT2D eigenvalue weighted by molar-refractivity contribution is -0.122. The van der Waals surface area contributed by atoms with Crippen LogP contribution in [0.4, 0.5) is 5.69 Å². The van der Waals surface area contributed by atoms with Gasteiger partial charge in [-0.1, -0.05) is 12.1 Å². The first-order valence-electron chi connectivity index (χ1n) is 13.6. The van der Waals surface area contributed by atoms with Crippen molar-refractivity contribution in [2.75, 3.05) is 58.5 Å². The van der Waals surface area contributed by atoms with Crippen LogP contribution in [0.5, 0.6) is 5.75 Å². The van der Waals surface area contributed by atoms with Crippen molar-refractivity contribution < 1.29 is 14.3 Å². The zero-order valence-electron chi connectivity index (χ0n) is 23.1. The predicted octanol–water partition coefficient (Wildman–Crippen LogP) is 2.62. The van der Waals surface area contributed by atoms with Gasteiger partial charge in [0.2, 0.25) is 5.91 Å². The summed E-state index contributed by atoms with van der Waals surface area (Å²) in [6.07, 6.45) is 2.45. The van der Waals surface area contributed by atoms with Crippen LogP contribution in [0, 0.1) is 0 Å². The van der Waals surface area contributed by atoms with Gasteiger partial charge in [0.15, 0.2) is 0 Å². The van der Waals surface area contributed by atoms with Gasteiger partial charge in [0.05, 0.1) is 32.1 Å². The maximum absolute atomic E-state index is 12.9. The SMILES string of the molecule is COc1ccc2cc1CN(C)CCNC(=O)[C@H](C)NCc1cc(ccc1N1CCOCC1)Cc1nccc-2n1. The Morgan fingerprint density at radius 1 is 1.05 bits per heavy atom. The van der Waals surface area contributed by atoms with Crippen LogP contribution in [0.25, 0.3) is 11.3 Å². The summed E-state index contributed by atoms with van der Waals surface area (Å²) in [6, 6.07) is 14.4. The molecule has 0 spiro atoms. The lowest BCUT2D eigenvalue weighted by Crippen LogP contribution is -2.44. The number of ether oxygens (including phenoxy) is 2. The summed E-state index contributed by atoms with van der Waals surface area (Å²) in [6.45, 7) is 7.60. The van der Waals surface area contributed by atoms with E-state index in [2.05, 4.69) is 49.7 Å². The largest absolute Gasteiger partial charge is 0.496 e. The Bertz CT molecular complexity index is 1290. The number of morpholine rings is 1. The van der Waals surface area contributed by atoms with E-state index >= 15 is 0 Å². The van der Waals surface area contributed by atoms with Crippen LogP contribution in [-0.2, 0) is 29.0 Å². The molecule has 0 unspecified atom stereocenters. The normalized spacial score (nSPS) is 19.4. The molecular formula is C30H38N6O3. The molecule has 9 nitrogen and oxygen atoms in total. The molecule has 1 fully saturated rings. The van der Waals surface area contributed by atoms with Crippen molar-refractivity contribution >= 4 is 11.6 Å². The molecule has 2 aromatic carbocycles. The van der Waals surface area contributed by atoms with E-state index in [1.807, 2.05) is 38.4 Å². The van der Waals surface area contributed by atoms with Gasteiger partial charge in [-0.05, 0) is 55.4 Å². The van der Waals surface area contributed by atoms with E-state index in [-0.39, 0.29) is 11.9 Å². The molecule has 206 valence electrons. The minimum atomic E-state index is -0.324. The molecule has 3 heterocycles. The van der Waals surface area contributed by atoms with Crippen LogP contribution < -0.4 is 20.3 Å². The topological polar surface area (TPSA) is 91.9 Å². The van der Waals surface area contributed by atoms with Crippen molar-refractivity contribution in [3.8, 4) is 17.0 Å². The van der Waals surface area contributed by atoms with Crippen molar-refractivity contribution in [2.24, 2.45) is 0 Å². The number of fused-ring (bicyclic) bond motifs is 7. The van der Waals surface area contributed by atoms with E-state index < -0.39 is 0 Å². The van der Waals surface area contributed by atoms with E-state index in [1.54, 1.807) is 7.11 Å². The van der Waals surface area contributed by atoms with Gasteiger partial charge >= 0.3 is 0 Å². The van der Waals surface area contributed by atoms with E-state index in [4.69, 9.17) is 14.5 Å². The molecule has 1 atom stereocenters. The van der Waals surface area contributed by atoms with Crippen molar-refractivity contribution in [1.29, 1.82) is 0 Å². The zero-order valence-corrected chi connectivity index (χ0v) is 23.1. The highest BCUT2D eigenvalue weighted by molar-refractivity contribution is 5.81. The summed E-state index contributed by atoms with van der Waals surface area (Å²) in [7, 11) is 3.74. The van der Waals surface area contributed by atoms with Gasteiger partial charge in [-0.2, -0.15) is 0 Å². The summed E-state index contributed by atoms with van der Waals surface area (Å²) in [5.74, 6) is 1.60. The van der Waals surface area contributed by atoms with Gasteiger partial charge in [-0.15, -0.1) is 0 Å². The van der Waals surface area contributed by atoms with Crippen LogP contribution in [0.15, 0.2) is 48.7 Å². The smallest absolute Gasteiger partial charge is 0.236 e. The Balaban J connectivity index is 1.50. The lowest BCUT2D eigenvalue weighted by atomic mass is 10.0. The second-order valence-electron chi connectivity index (χ2n) is 10.3. The Labute approximate surface area is 230 Å². The average molecular weight is 531 g/mol. The average Bonchev–Trinajstić information content (AvgIpc) is 2.96. The Morgan fingerprint density at radius 2 is 1.90 bits per heavy atom. The Kier molecular flexibility index (Phi) is 8.71. The molecule has 1 amide bonds. The number of amides is 1. The highest BCUT2D eigenvalue weighted by Gasteiger charge is 2.19. The monoisotopic (exact) mass is 530 g/mol. The van der Waals surface area contributed by atoms with E-state index in [0.717, 1.165) is 65.8 Å². The molecule has 1 saturated heterocycles. The van der Waals surface area contributed by atoms with Gasteiger partial charge in [0.25, 0.3) is 0 Å². The van der Waals surface area contributed by atoms with Crippen molar-refractivity contribution in [3.05, 3.63) is 71.2 Å². The number of hydrogen-bond acceptors (Lipinski definition) is 8. The van der Waals surface area contributed by atoms with Crippen LogP contribution in [0.2, 0.25) is 0 Å². The minimum Gasteiger partial charge on any atom is -0.496 e. The number of carbonyl (C=O) groups is 1. The highest BCUT2D eigenvalue weighted by Crippen LogP contribution is 2.28. The first-order chi connectivity index (χ1) is 19.0. The predicted molar refractivity (Wildman–Crippen MR) is 152 cm³/mol. The minimum absolute atomic E-state index is 0.00519. The fraction of sp³-hybridized carbons (Fsp3) is 0.433. The summed E-state index contributed by atoms with van der Waals surface area (Å²) in [5, 5.41) is 6.52. The molecule has 9 heteroatoms. The Hall–Kier alpha value is -3.53. The summed E-state index contributed by atoms with van der Waals surface area (Å²) in [4.78, 5) is 26.9. The molecule has 5 rings (SSSR count). The van der Waals surface area contributed by atoms with Gasteiger partial charge in [0, 0.05) is 68.7 Å². The number of nitrogens with one attached hydrogen (secondary N) is 2. The third kappa shape index (κ3) is 6.73. The number of anilines is 1. The first kappa shape index (κ1) is 27.1. The van der Waals surface area contributed by atoms with Crippen molar-refractivity contribution in [1.82, 2.24) is 25.5 Å². The van der Waals surface area contributed by atoms with E-state index in [1.165, 1.54) is 5.69 Å². The van der Waals surface area contributed by atoms with Gasteiger partial charge in [-0.3, -0.25) is 4.79 Å². The number of benzene rings is 2. The second-order valence-corrected chi connectivity index (χ2v) is 10.3. The van der Waals surface area contributed by atoms with Crippen LogP contribution >= 0.6 is 0 Å². The quantitative estimate of drug-likeness (QED) is 0.523. The number of nitrogens with zero attached hydrogens (tertiary/aromatic N) is 4. The number of rotatable bonds is 2. The van der Waals surface area contributed by atoms with Gasteiger partial charge in [0.1, 0.15) is 11.6 Å². The molecule has 0 aliphatic carbocycles. The summed E-state index contributed by atoms with van der Waals surface area (Å²) < 4.78 is 11.2. The molecule has 0 saturated carbocycles. The van der Waals surface area contributed by atoms with Crippen molar-refractivity contribution in [2.45, 2.75) is 32.5 Å². The number of methoxy groups -OCH3 is 1. The fourth-order valence-corrected chi connectivity index (χ4v) is 5.14. The van der Waals surface area contributed by atoms with Crippen LogP contribution in [-0.4, -0.2) is 80.4 Å². The molecule has 1 aromatic heterocycles. The molecule has 2 aliphatic heterocycles. The number of likely N-dealkylation sites (N-methyl/N-ethyl adjacent to an activating group) is 1. The van der Waals surface area contributed by atoms with Crippen molar-refractivity contribution in [3.63, 3.8) is 0 Å². The molecule has 2 N–H and O–H groups in total. The van der Waals surface area contributed by atoms with Gasteiger partial charge in [-0.25, -0.2) is 9.97 Å². The van der Waals surface area contributed by atoms with E-state index in [0.29, 0.717) is 32.6 Å². The maximum atomic E-state index is 12.9. The molecule has 6 bridgehead atoms. The number of aromatic nitrogens is 2.